The van der Waals surface area contributed by atoms with E-state index < -0.39 is 6.10 Å². The Morgan fingerprint density at radius 1 is 0.773 bits per heavy atom. The molecule has 2 aromatic rings. The molecule has 0 aliphatic rings. The minimum absolute atomic E-state index is 0.507. The van der Waals surface area contributed by atoms with Crippen molar-refractivity contribution in [3.05, 3.63) is 47.5 Å². The highest BCUT2D eigenvalue weighted by Crippen LogP contribution is 2.39. The quantitative estimate of drug-likeness (QED) is 0.889. The predicted molar refractivity (Wildman–Crippen MR) is 83.2 cm³/mol. The number of ether oxygens (including phenoxy) is 4. The van der Waals surface area contributed by atoms with E-state index in [-0.39, 0.29) is 0 Å². The second kappa shape index (κ2) is 7.04. The molecule has 1 N–H and O–H groups in total. The molecule has 2 rings (SSSR count). The van der Waals surface area contributed by atoms with E-state index in [4.69, 9.17) is 18.9 Å². The molecule has 0 spiro atoms. The molecular weight excluding hydrogens is 284 g/mol. The van der Waals surface area contributed by atoms with Crippen LogP contribution < -0.4 is 18.9 Å². The number of benzene rings is 2. The monoisotopic (exact) mass is 304 g/mol. The first-order valence-corrected chi connectivity index (χ1v) is 6.77. The molecule has 2 aromatic carbocycles. The molecule has 0 heterocycles. The van der Waals surface area contributed by atoms with Crippen molar-refractivity contribution in [2.75, 3.05) is 28.4 Å². The van der Waals surface area contributed by atoms with Crippen molar-refractivity contribution in [1.82, 2.24) is 0 Å². The van der Waals surface area contributed by atoms with Gasteiger partial charge in [-0.05, 0) is 23.8 Å². The van der Waals surface area contributed by atoms with E-state index in [1.165, 1.54) is 0 Å². The van der Waals surface area contributed by atoms with Crippen LogP contribution in [0.1, 0.15) is 17.2 Å². The molecule has 5 heteroatoms. The van der Waals surface area contributed by atoms with Crippen LogP contribution in [0.2, 0.25) is 0 Å². The van der Waals surface area contributed by atoms with Crippen LogP contribution in [-0.2, 0) is 0 Å². The lowest BCUT2D eigenvalue weighted by Gasteiger charge is -2.18. The van der Waals surface area contributed by atoms with Gasteiger partial charge in [-0.1, -0.05) is 18.2 Å². The van der Waals surface area contributed by atoms with E-state index in [0.29, 0.717) is 34.1 Å². The van der Waals surface area contributed by atoms with Gasteiger partial charge in [-0.15, -0.1) is 0 Å². The number of para-hydroxylation sites is 1. The standard InChI is InChI=1S/C17H20O5/c1-19-13-9-8-11(10-15(13)21-3)16(18)12-6-5-7-14(20-2)17(12)22-4/h5-10,16,18H,1-4H3. The van der Waals surface area contributed by atoms with Gasteiger partial charge in [0.1, 0.15) is 6.10 Å². The maximum atomic E-state index is 10.7. The molecule has 0 saturated carbocycles. The van der Waals surface area contributed by atoms with E-state index in [2.05, 4.69) is 0 Å². The summed E-state index contributed by atoms with van der Waals surface area (Å²) in [6.07, 6.45) is -0.871. The van der Waals surface area contributed by atoms with Gasteiger partial charge in [0, 0.05) is 5.56 Å². The number of rotatable bonds is 6. The topological polar surface area (TPSA) is 57.2 Å². The van der Waals surface area contributed by atoms with Gasteiger partial charge < -0.3 is 24.1 Å². The zero-order chi connectivity index (χ0) is 16.1. The summed E-state index contributed by atoms with van der Waals surface area (Å²) in [6.45, 7) is 0. The highest BCUT2D eigenvalue weighted by molar-refractivity contribution is 5.52. The third-order valence-electron chi connectivity index (χ3n) is 3.45. The summed E-state index contributed by atoms with van der Waals surface area (Å²) < 4.78 is 21.1. The Morgan fingerprint density at radius 2 is 1.45 bits per heavy atom. The van der Waals surface area contributed by atoms with Crippen LogP contribution in [0.15, 0.2) is 36.4 Å². The zero-order valence-corrected chi connectivity index (χ0v) is 13.1. The van der Waals surface area contributed by atoms with E-state index in [0.717, 1.165) is 0 Å². The maximum absolute atomic E-state index is 10.7. The van der Waals surface area contributed by atoms with E-state index in [1.807, 2.05) is 0 Å². The normalized spacial score (nSPS) is 11.7. The molecule has 0 saturated heterocycles. The minimum atomic E-state index is -0.871. The fraction of sp³-hybridized carbons (Fsp3) is 0.294. The fourth-order valence-electron chi connectivity index (χ4n) is 2.33. The summed E-state index contributed by atoms with van der Waals surface area (Å²) in [5, 5.41) is 10.7. The fourth-order valence-corrected chi connectivity index (χ4v) is 2.33. The third-order valence-corrected chi connectivity index (χ3v) is 3.45. The maximum Gasteiger partial charge on any atom is 0.166 e. The van der Waals surface area contributed by atoms with Crippen molar-refractivity contribution in [1.29, 1.82) is 0 Å². The molecule has 0 fully saturated rings. The van der Waals surface area contributed by atoms with Crippen molar-refractivity contribution < 1.29 is 24.1 Å². The van der Waals surface area contributed by atoms with Crippen LogP contribution >= 0.6 is 0 Å². The van der Waals surface area contributed by atoms with E-state index >= 15 is 0 Å². The average Bonchev–Trinajstić information content (AvgIpc) is 2.59. The predicted octanol–water partition coefficient (Wildman–Crippen LogP) is 2.80. The number of aliphatic hydroxyl groups is 1. The molecule has 118 valence electrons. The smallest absolute Gasteiger partial charge is 0.166 e. The van der Waals surface area contributed by atoms with Crippen molar-refractivity contribution in [3.63, 3.8) is 0 Å². The van der Waals surface area contributed by atoms with Gasteiger partial charge in [0.25, 0.3) is 0 Å². The van der Waals surface area contributed by atoms with Gasteiger partial charge in [-0.25, -0.2) is 0 Å². The summed E-state index contributed by atoms with van der Waals surface area (Å²) >= 11 is 0. The Balaban J connectivity index is 2.46. The second-order valence-electron chi connectivity index (χ2n) is 4.60. The first kappa shape index (κ1) is 16.0. The Morgan fingerprint density at radius 3 is 2.05 bits per heavy atom. The van der Waals surface area contributed by atoms with Gasteiger partial charge in [0.2, 0.25) is 0 Å². The summed E-state index contributed by atoms with van der Waals surface area (Å²) in [6, 6.07) is 10.7. The van der Waals surface area contributed by atoms with Crippen LogP contribution in [0.25, 0.3) is 0 Å². The Labute approximate surface area is 130 Å². The van der Waals surface area contributed by atoms with Crippen LogP contribution in [-0.4, -0.2) is 33.5 Å². The van der Waals surface area contributed by atoms with Crippen LogP contribution in [0.5, 0.6) is 23.0 Å². The highest BCUT2D eigenvalue weighted by atomic mass is 16.5. The number of aliphatic hydroxyl groups excluding tert-OH is 1. The Hall–Kier alpha value is -2.40. The lowest BCUT2D eigenvalue weighted by Crippen LogP contribution is -2.04. The number of hydrogen-bond donors (Lipinski definition) is 1. The second-order valence-corrected chi connectivity index (χ2v) is 4.60. The van der Waals surface area contributed by atoms with Crippen molar-refractivity contribution in [3.8, 4) is 23.0 Å². The molecule has 0 amide bonds. The summed E-state index contributed by atoms with van der Waals surface area (Å²) in [4.78, 5) is 0. The SMILES string of the molecule is COc1ccc(C(O)c2cccc(OC)c2OC)cc1OC. The van der Waals surface area contributed by atoms with Gasteiger partial charge >= 0.3 is 0 Å². The number of methoxy groups -OCH3 is 4. The molecule has 1 atom stereocenters. The molecule has 5 nitrogen and oxygen atoms in total. The molecule has 1 unspecified atom stereocenters. The molecule has 0 aliphatic carbocycles. The van der Waals surface area contributed by atoms with Gasteiger partial charge in [-0.2, -0.15) is 0 Å². The zero-order valence-electron chi connectivity index (χ0n) is 13.1. The van der Waals surface area contributed by atoms with E-state index in [1.54, 1.807) is 64.8 Å². The third kappa shape index (κ3) is 2.94. The molecule has 0 bridgehead atoms. The Kier molecular flexibility index (Phi) is 5.12. The molecular formula is C17H20O5. The first-order chi connectivity index (χ1) is 10.7. The van der Waals surface area contributed by atoms with Gasteiger partial charge in [0.15, 0.2) is 23.0 Å². The molecule has 22 heavy (non-hydrogen) atoms. The lowest BCUT2D eigenvalue weighted by molar-refractivity contribution is 0.212. The van der Waals surface area contributed by atoms with Crippen molar-refractivity contribution in [2.24, 2.45) is 0 Å². The number of hydrogen-bond acceptors (Lipinski definition) is 5. The van der Waals surface area contributed by atoms with Crippen LogP contribution in [0, 0.1) is 0 Å². The van der Waals surface area contributed by atoms with Crippen molar-refractivity contribution >= 4 is 0 Å². The van der Waals surface area contributed by atoms with Crippen molar-refractivity contribution in [2.45, 2.75) is 6.10 Å². The van der Waals surface area contributed by atoms with Gasteiger partial charge in [-0.3, -0.25) is 0 Å². The summed E-state index contributed by atoms with van der Waals surface area (Å²) in [5.74, 6) is 2.24. The summed E-state index contributed by atoms with van der Waals surface area (Å²) in [7, 11) is 6.23. The molecule has 0 radical (unpaired) electrons. The lowest BCUT2D eigenvalue weighted by atomic mass is 9.99. The highest BCUT2D eigenvalue weighted by Gasteiger charge is 2.20. The summed E-state index contributed by atoms with van der Waals surface area (Å²) in [5.41, 5.74) is 1.29. The van der Waals surface area contributed by atoms with Crippen LogP contribution in [0.4, 0.5) is 0 Å². The minimum Gasteiger partial charge on any atom is -0.493 e. The van der Waals surface area contributed by atoms with Gasteiger partial charge in [0.05, 0.1) is 28.4 Å². The van der Waals surface area contributed by atoms with Crippen LogP contribution in [0.3, 0.4) is 0 Å². The largest absolute Gasteiger partial charge is 0.493 e. The first-order valence-electron chi connectivity index (χ1n) is 6.77. The average molecular weight is 304 g/mol. The Bertz CT molecular complexity index is 639. The molecule has 0 aromatic heterocycles. The molecule has 0 aliphatic heterocycles. The van der Waals surface area contributed by atoms with E-state index in [9.17, 15) is 5.11 Å².